The molecule has 0 saturated carbocycles. The molecule has 2 amide bonds. The molecule has 0 aliphatic carbocycles. The summed E-state index contributed by atoms with van der Waals surface area (Å²) in [4.78, 5) is 25.9. The van der Waals surface area contributed by atoms with E-state index in [1.165, 1.54) is 4.90 Å². The van der Waals surface area contributed by atoms with Crippen LogP contribution in [0.15, 0.2) is 18.2 Å². The van der Waals surface area contributed by atoms with Gasteiger partial charge in [0.1, 0.15) is 0 Å². The van der Waals surface area contributed by atoms with E-state index >= 15 is 0 Å². The second kappa shape index (κ2) is 6.26. The van der Waals surface area contributed by atoms with Crippen molar-refractivity contribution in [2.45, 2.75) is 26.3 Å². The Bertz CT molecular complexity index is 554. The van der Waals surface area contributed by atoms with Gasteiger partial charge < -0.3 is 15.5 Å². The van der Waals surface area contributed by atoms with Crippen molar-refractivity contribution in [3.63, 3.8) is 0 Å². The molecule has 1 aliphatic rings. The number of carbonyl (C=O) groups excluding carboxylic acids is 2. The van der Waals surface area contributed by atoms with Crippen LogP contribution in [0.2, 0.25) is 0 Å². The van der Waals surface area contributed by atoms with Gasteiger partial charge in [0.25, 0.3) is 5.91 Å². The lowest BCUT2D eigenvalue weighted by molar-refractivity contribution is -0.118. The molecule has 0 radical (unpaired) electrons. The van der Waals surface area contributed by atoms with Crippen LogP contribution in [0.4, 0.5) is 5.69 Å². The highest BCUT2D eigenvalue weighted by atomic mass is 16.2. The first-order valence-electron chi connectivity index (χ1n) is 7.26. The molecule has 21 heavy (non-hydrogen) atoms. The summed E-state index contributed by atoms with van der Waals surface area (Å²) in [6, 6.07) is 5.23. The maximum atomic E-state index is 12.3. The van der Waals surface area contributed by atoms with Crippen molar-refractivity contribution < 1.29 is 9.59 Å². The largest absolute Gasteiger partial charge is 0.345 e. The zero-order chi connectivity index (χ0) is 15.6. The summed E-state index contributed by atoms with van der Waals surface area (Å²) < 4.78 is 0. The van der Waals surface area contributed by atoms with Crippen molar-refractivity contribution in [1.29, 1.82) is 0 Å². The van der Waals surface area contributed by atoms with Gasteiger partial charge in [0.15, 0.2) is 0 Å². The first-order chi connectivity index (χ1) is 9.90. The number of rotatable bonds is 3. The van der Waals surface area contributed by atoms with Crippen LogP contribution in [0, 0.1) is 12.8 Å². The van der Waals surface area contributed by atoms with E-state index in [0.717, 1.165) is 18.5 Å². The molecule has 2 rings (SSSR count). The van der Waals surface area contributed by atoms with E-state index in [9.17, 15) is 9.59 Å². The lowest BCUT2D eigenvalue weighted by atomic mass is 10.0. The minimum Gasteiger partial charge on any atom is -0.345 e. The van der Waals surface area contributed by atoms with E-state index in [4.69, 9.17) is 0 Å². The fraction of sp³-hybridized carbons (Fsp3) is 0.500. The normalized spacial score (nSPS) is 21.1. The van der Waals surface area contributed by atoms with E-state index in [0.29, 0.717) is 17.2 Å². The molecule has 5 nitrogen and oxygen atoms in total. The van der Waals surface area contributed by atoms with Crippen LogP contribution in [-0.2, 0) is 4.79 Å². The number of benzene rings is 1. The molecule has 2 N–H and O–H groups in total. The molecule has 2 unspecified atom stereocenters. The highest BCUT2D eigenvalue weighted by molar-refractivity contribution is 5.99. The van der Waals surface area contributed by atoms with Crippen molar-refractivity contribution in [3.05, 3.63) is 29.3 Å². The topological polar surface area (TPSA) is 61.4 Å². The zero-order valence-corrected chi connectivity index (χ0v) is 13.1. The Kier molecular flexibility index (Phi) is 4.63. The maximum absolute atomic E-state index is 12.3. The summed E-state index contributed by atoms with van der Waals surface area (Å²) in [6.07, 6.45) is 1.01. The Morgan fingerprint density at radius 2 is 2.05 bits per heavy atom. The second-order valence-electron chi connectivity index (χ2n) is 5.92. The minimum atomic E-state index is -0.155. The van der Waals surface area contributed by atoms with Crippen LogP contribution >= 0.6 is 0 Å². The first kappa shape index (κ1) is 15.5. The highest BCUT2D eigenvalue weighted by Gasteiger charge is 2.29. The van der Waals surface area contributed by atoms with Gasteiger partial charge in [-0.1, -0.05) is 13.0 Å². The molecule has 0 aromatic heterocycles. The molecule has 1 aromatic rings. The first-order valence-corrected chi connectivity index (χ1v) is 7.26. The molecule has 5 heteroatoms. The Hall–Kier alpha value is -1.88. The summed E-state index contributed by atoms with van der Waals surface area (Å²) in [5.74, 6) is 0.229. The third kappa shape index (κ3) is 3.42. The van der Waals surface area contributed by atoms with Crippen LogP contribution < -0.4 is 10.6 Å². The Balaban J connectivity index is 2.17. The van der Waals surface area contributed by atoms with Crippen LogP contribution in [-0.4, -0.2) is 43.4 Å². The second-order valence-corrected chi connectivity index (χ2v) is 5.92. The molecule has 1 heterocycles. The fourth-order valence-corrected chi connectivity index (χ4v) is 2.54. The maximum Gasteiger partial charge on any atom is 0.253 e. The Morgan fingerprint density at radius 1 is 1.33 bits per heavy atom. The van der Waals surface area contributed by atoms with Gasteiger partial charge in [-0.3, -0.25) is 9.59 Å². The van der Waals surface area contributed by atoms with Gasteiger partial charge in [0.05, 0.1) is 6.04 Å². The standard InChI is InChI=1S/C16H23N3O2/c1-10-5-6-12(16(21)19(3)4)9-13(10)18-15(20)14-11(2)7-8-17-14/h5-6,9,11,14,17H,7-8H2,1-4H3,(H,18,20). The van der Waals surface area contributed by atoms with Crippen LogP contribution in [0.25, 0.3) is 0 Å². The molecule has 2 atom stereocenters. The lowest BCUT2D eigenvalue weighted by Crippen LogP contribution is -2.39. The van der Waals surface area contributed by atoms with Gasteiger partial charge in [0.2, 0.25) is 5.91 Å². The smallest absolute Gasteiger partial charge is 0.253 e. The van der Waals surface area contributed by atoms with Gasteiger partial charge in [-0.2, -0.15) is 0 Å². The van der Waals surface area contributed by atoms with Gasteiger partial charge in [-0.15, -0.1) is 0 Å². The van der Waals surface area contributed by atoms with Crippen molar-refractivity contribution in [2.24, 2.45) is 5.92 Å². The third-order valence-electron chi connectivity index (χ3n) is 3.96. The molecule has 1 aliphatic heterocycles. The zero-order valence-electron chi connectivity index (χ0n) is 13.1. The summed E-state index contributed by atoms with van der Waals surface area (Å²) in [7, 11) is 3.43. The summed E-state index contributed by atoms with van der Waals surface area (Å²) in [5, 5.41) is 6.16. The van der Waals surface area contributed by atoms with Gasteiger partial charge in [-0.05, 0) is 43.5 Å². The van der Waals surface area contributed by atoms with E-state index in [1.807, 2.05) is 13.0 Å². The molecule has 1 fully saturated rings. The molecule has 1 aromatic carbocycles. The minimum absolute atomic E-state index is 0.0300. The molecule has 0 spiro atoms. The fourth-order valence-electron chi connectivity index (χ4n) is 2.54. The van der Waals surface area contributed by atoms with Gasteiger partial charge in [-0.25, -0.2) is 0 Å². The summed E-state index contributed by atoms with van der Waals surface area (Å²) >= 11 is 0. The number of nitrogens with zero attached hydrogens (tertiary/aromatic N) is 1. The number of nitrogens with one attached hydrogen (secondary N) is 2. The third-order valence-corrected chi connectivity index (χ3v) is 3.96. The van der Waals surface area contributed by atoms with E-state index < -0.39 is 0 Å². The van der Waals surface area contributed by atoms with Crippen molar-refractivity contribution in [3.8, 4) is 0 Å². The highest BCUT2D eigenvalue weighted by Crippen LogP contribution is 2.20. The number of hydrogen-bond acceptors (Lipinski definition) is 3. The SMILES string of the molecule is Cc1ccc(C(=O)N(C)C)cc1NC(=O)C1NCCC1C. The molecule has 0 bridgehead atoms. The van der Waals surface area contributed by atoms with E-state index in [-0.39, 0.29) is 17.9 Å². The van der Waals surface area contributed by atoms with Crippen LogP contribution in [0.1, 0.15) is 29.3 Å². The lowest BCUT2D eigenvalue weighted by Gasteiger charge is -2.18. The number of carbonyl (C=O) groups is 2. The quantitative estimate of drug-likeness (QED) is 0.889. The molecular weight excluding hydrogens is 266 g/mol. The Morgan fingerprint density at radius 3 is 2.62 bits per heavy atom. The molecule has 114 valence electrons. The van der Waals surface area contributed by atoms with Crippen LogP contribution in [0.3, 0.4) is 0 Å². The van der Waals surface area contributed by atoms with E-state index in [1.54, 1.807) is 26.2 Å². The predicted molar refractivity (Wildman–Crippen MR) is 83.4 cm³/mol. The van der Waals surface area contributed by atoms with Crippen molar-refractivity contribution >= 4 is 17.5 Å². The number of anilines is 1. The van der Waals surface area contributed by atoms with Crippen molar-refractivity contribution in [1.82, 2.24) is 10.2 Å². The van der Waals surface area contributed by atoms with Gasteiger partial charge >= 0.3 is 0 Å². The molecular formula is C16H23N3O2. The number of hydrogen-bond donors (Lipinski definition) is 2. The summed E-state index contributed by atoms with van der Waals surface area (Å²) in [5.41, 5.74) is 2.23. The number of aryl methyl sites for hydroxylation is 1. The van der Waals surface area contributed by atoms with Gasteiger partial charge in [0, 0.05) is 25.3 Å². The van der Waals surface area contributed by atoms with Crippen LogP contribution in [0.5, 0.6) is 0 Å². The average Bonchev–Trinajstić information content (AvgIpc) is 2.86. The van der Waals surface area contributed by atoms with E-state index in [2.05, 4.69) is 17.6 Å². The number of amides is 2. The predicted octanol–water partition coefficient (Wildman–Crippen LogP) is 1.63. The monoisotopic (exact) mass is 289 g/mol. The summed E-state index contributed by atoms with van der Waals surface area (Å²) in [6.45, 7) is 4.87. The molecule has 1 saturated heterocycles. The average molecular weight is 289 g/mol. The Labute approximate surface area is 125 Å². The van der Waals surface area contributed by atoms with Crippen molar-refractivity contribution in [2.75, 3.05) is 26.0 Å².